The normalized spacial score (nSPS) is 26.4. The molecule has 2 aliphatic heterocycles. The van der Waals surface area contributed by atoms with E-state index in [1.165, 1.54) is 10.5 Å². The van der Waals surface area contributed by atoms with E-state index in [1.807, 2.05) is 0 Å². The van der Waals surface area contributed by atoms with Gasteiger partial charge in [-0.1, -0.05) is 0 Å². The van der Waals surface area contributed by atoms with Crippen molar-refractivity contribution >= 4 is 10.0 Å². The van der Waals surface area contributed by atoms with E-state index in [9.17, 15) is 8.42 Å². The van der Waals surface area contributed by atoms with Gasteiger partial charge in [-0.25, -0.2) is 8.42 Å². The number of pyridine rings is 1. The zero-order chi connectivity index (χ0) is 14.2. The molecule has 0 radical (unpaired) electrons. The van der Waals surface area contributed by atoms with Gasteiger partial charge in [0.2, 0.25) is 10.0 Å². The summed E-state index contributed by atoms with van der Waals surface area (Å²) < 4.78 is 37.4. The minimum atomic E-state index is -3.45. The summed E-state index contributed by atoms with van der Waals surface area (Å²) in [5, 5.41) is 0. The third-order valence-corrected chi connectivity index (χ3v) is 5.76. The Balaban J connectivity index is 1.71. The number of nitrogens with zero attached hydrogens (tertiary/aromatic N) is 2. The summed E-state index contributed by atoms with van der Waals surface area (Å²) >= 11 is 0. The topological polar surface area (TPSA) is 68.7 Å². The lowest BCUT2D eigenvalue weighted by Gasteiger charge is -2.51. The molecule has 0 bridgehead atoms. The summed E-state index contributed by atoms with van der Waals surface area (Å²) in [5.41, 5.74) is -0.367. The van der Waals surface area contributed by atoms with Gasteiger partial charge in [-0.2, -0.15) is 4.31 Å². The summed E-state index contributed by atoms with van der Waals surface area (Å²) in [7, 11) is -1.76. The number of methoxy groups -OCH3 is 1. The minimum absolute atomic E-state index is 0.159. The van der Waals surface area contributed by atoms with Crippen molar-refractivity contribution in [2.24, 2.45) is 0 Å². The van der Waals surface area contributed by atoms with Crippen molar-refractivity contribution in [2.75, 3.05) is 26.8 Å². The van der Waals surface area contributed by atoms with E-state index in [4.69, 9.17) is 9.47 Å². The maximum absolute atomic E-state index is 12.4. The lowest BCUT2D eigenvalue weighted by atomic mass is 9.86. The molecule has 1 spiro atoms. The van der Waals surface area contributed by atoms with Crippen molar-refractivity contribution in [3.8, 4) is 0 Å². The molecule has 0 amide bonds. The molecule has 0 aliphatic carbocycles. The molecule has 3 heterocycles. The largest absolute Gasteiger partial charge is 0.381 e. The Hall–Kier alpha value is -1.02. The van der Waals surface area contributed by atoms with Crippen LogP contribution >= 0.6 is 0 Å². The van der Waals surface area contributed by atoms with Gasteiger partial charge < -0.3 is 9.47 Å². The first kappa shape index (κ1) is 13.9. The third-order valence-electron chi connectivity index (χ3n) is 3.98. The van der Waals surface area contributed by atoms with Crippen LogP contribution in [0.5, 0.6) is 0 Å². The molecule has 2 aliphatic rings. The average Bonchev–Trinajstić information content (AvgIpc) is 2.45. The molecule has 2 fully saturated rings. The number of hydrogen-bond acceptors (Lipinski definition) is 5. The minimum Gasteiger partial charge on any atom is -0.381 e. The van der Waals surface area contributed by atoms with E-state index in [-0.39, 0.29) is 16.6 Å². The van der Waals surface area contributed by atoms with Gasteiger partial charge in [0.05, 0.1) is 11.7 Å². The van der Waals surface area contributed by atoms with E-state index in [1.54, 1.807) is 25.4 Å². The highest BCUT2D eigenvalue weighted by atomic mass is 32.2. The van der Waals surface area contributed by atoms with E-state index in [0.29, 0.717) is 19.7 Å². The molecule has 0 unspecified atom stereocenters. The van der Waals surface area contributed by atoms with E-state index >= 15 is 0 Å². The van der Waals surface area contributed by atoms with Crippen LogP contribution in [-0.2, 0) is 19.5 Å². The fourth-order valence-corrected chi connectivity index (χ4v) is 4.37. The maximum Gasteiger partial charge on any atom is 0.244 e. The molecule has 1 aromatic rings. The van der Waals surface area contributed by atoms with Crippen LogP contribution < -0.4 is 0 Å². The monoisotopic (exact) mass is 298 g/mol. The van der Waals surface area contributed by atoms with Crippen LogP contribution in [0.25, 0.3) is 0 Å². The van der Waals surface area contributed by atoms with E-state index in [2.05, 4.69) is 4.98 Å². The molecule has 20 heavy (non-hydrogen) atoms. The highest BCUT2D eigenvalue weighted by Crippen LogP contribution is 2.37. The summed E-state index contributed by atoms with van der Waals surface area (Å²) in [6, 6.07) is 3.19. The fraction of sp³-hybridized carbons (Fsp3) is 0.615. The Bertz CT molecular complexity index is 569. The van der Waals surface area contributed by atoms with Crippen LogP contribution in [0.2, 0.25) is 0 Å². The van der Waals surface area contributed by atoms with Gasteiger partial charge in [-0.15, -0.1) is 0 Å². The molecule has 3 rings (SSSR count). The molecule has 0 saturated carbocycles. The first-order chi connectivity index (χ1) is 9.56. The van der Waals surface area contributed by atoms with Gasteiger partial charge >= 0.3 is 0 Å². The van der Waals surface area contributed by atoms with Crippen LogP contribution in [0.3, 0.4) is 0 Å². The zero-order valence-electron chi connectivity index (χ0n) is 11.4. The first-order valence-corrected chi connectivity index (χ1v) is 8.07. The molecule has 2 saturated heterocycles. The quantitative estimate of drug-likeness (QED) is 0.819. The van der Waals surface area contributed by atoms with E-state index in [0.717, 1.165) is 12.8 Å². The Morgan fingerprint density at radius 2 is 2.30 bits per heavy atom. The van der Waals surface area contributed by atoms with Crippen molar-refractivity contribution in [3.05, 3.63) is 24.5 Å². The second-order valence-electron chi connectivity index (χ2n) is 5.34. The highest BCUT2D eigenvalue weighted by molar-refractivity contribution is 7.89. The number of sulfonamides is 1. The summed E-state index contributed by atoms with van der Waals surface area (Å²) in [5.74, 6) is 0. The molecular weight excluding hydrogens is 280 g/mol. The molecule has 1 atom stereocenters. The highest BCUT2D eigenvalue weighted by Gasteiger charge is 2.52. The van der Waals surface area contributed by atoms with Crippen LogP contribution in [0.4, 0.5) is 0 Å². The van der Waals surface area contributed by atoms with Gasteiger partial charge in [-0.05, 0) is 18.6 Å². The molecule has 0 aromatic carbocycles. The molecule has 6 nitrogen and oxygen atoms in total. The predicted octanol–water partition coefficient (Wildman–Crippen LogP) is 0.650. The lowest BCUT2D eigenvalue weighted by Crippen LogP contribution is -2.67. The second-order valence-corrected chi connectivity index (χ2v) is 7.28. The molecule has 110 valence electrons. The third kappa shape index (κ3) is 2.35. The molecule has 0 N–H and O–H groups in total. The summed E-state index contributed by atoms with van der Waals surface area (Å²) in [6.45, 7) is 1.41. The van der Waals surface area contributed by atoms with Gasteiger partial charge in [0, 0.05) is 45.6 Å². The van der Waals surface area contributed by atoms with E-state index < -0.39 is 10.0 Å². The predicted molar refractivity (Wildman–Crippen MR) is 71.7 cm³/mol. The molecule has 1 aromatic heterocycles. The maximum atomic E-state index is 12.4. The smallest absolute Gasteiger partial charge is 0.244 e. The Morgan fingerprint density at radius 3 is 2.95 bits per heavy atom. The fourth-order valence-electron chi connectivity index (χ4n) is 2.82. The van der Waals surface area contributed by atoms with Crippen molar-refractivity contribution in [2.45, 2.75) is 29.4 Å². The van der Waals surface area contributed by atoms with Crippen molar-refractivity contribution < 1.29 is 17.9 Å². The lowest BCUT2D eigenvalue weighted by molar-refractivity contribution is -0.173. The Morgan fingerprint density at radius 1 is 1.50 bits per heavy atom. The van der Waals surface area contributed by atoms with Crippen LogP contribution in [-0.4, -0.2) is 56.2 Å². The average molecular weight is 298 g/mol. The summed E-state index contributed by atoms with van der Waals surface area (Å²) in [6.07, 6.45) is 4.72. The Kier molecular flexibility index (Phi) is 3.53. The molecule has 7 heteroatoms. The van der Waals surface area contributed by atoms with Gasteiger partial charge in [0.25, 0.3) is 0 Å². The van der Waals surface area contributed by atoms with Crippen LogP contribution in [0, 0.1) is 0 Å². The standard InChI is InChI=1S/C13H18N2O4S/c1-18-11-4-6-19-13(7-11)9-15(10-13)20(16,17)12-3-2-5-14-8-12/h2-3,5,8,11H,4,6-7,9-10H2,1H3/t11-/m1/s1. The van der Waals surface area contributed by atoms with Crippen LogP contribution in [0.15, 0.2) is 29.4 Å². The van der Waals surface area contributed by atoms with Crippen LogP contribution in [0.1, 0.15) is 12.8 Å². The second kappa shape index (κ2) is 5.07. The number of aromatic nitrogens is 1. The van der Waals surface area contributed by atoms with Crippen molar-refractivity contribution in [1.82, 2.24) is 9.29 Å². The number of ether oxygens (including phenoxy) is 2. The van der Waals surface area contributed by atoms with Gasteiger partial charge in [0.1, 0.15) is 4.90 Å². The molecular formula is C13H18N2O4S. The number of rotatable bonds is 3. The Labute approximate surface area is 118 Å². The van der Waals surface area contributed by atoms with Crippen molar-refractivity contribution in [1.29, 1.82) is 0 Å². The van der Waals surface area contributed by atoms with Gasteiger partial charge in [0.15, 0.2) is 0 Å². The summed E-state index contributed by atoms with van der Waals surface area (Å²) in [4.78, 5) is 4.09. The first-order valence-electron chi connectivity index (χ1n) is 6.63. The van der Waals surface area contributed by atoms with Crippen molar-refractivity contribution in [3.63, 3.8) is 0 Å². The van der Waals surface area contributed by atoms with Gasteiger partial charge in [-0.3, -0.25) is 4.98 Å². The zero-order valence-corrected chi connectivity index (χ0v) is 12.2. The number of hydrogen-bond donors (Lipinski definition) is 0. The SMILES string of the molecule is CO[C@@H]1CCOC2(C1)CN(S(=O)(=O)c1cccnc1)C2.